The Kier molecular flexibility index (Phi) is 6.90. The maximum absolute atomic E-state index is 14.6. The van der Waals surface area contributed by atoms with E-state index in [0.717, 1.165) is 0 Å². The van der Waals surface area contributed by atoms with Gasteiger partial charge in [0.15, 0.2) is 0 Å². The number of amides is 2. The molecule has 2 aliphatic heterocycles. The second-order valence-corrected chi connectivity index (χ2v) is 9.79. The van der Waals surface area contributed by atoms with E-state index in [-0.39, 0.29) is 11.4 Å². The Bertz CT molecular complexity index is 988. The lowest BCUT2D eigenvalue weighted by atomic mass is 9.79. The third-order valence-corrected chi connectivity index (χ3v) is 6.66. The highest BCUT2D eigenvalue weighted by atomic mass is 19.4. The van der Waals surface area contributed by atoms with Crippen molar-refractivity contribution in [1.82, 2.24) is 15.2 Å². The number of nitrogens with one attached hydrogen (secondary N) is 1. The fourth-order valence-electron chi connectivity index (χ4n) is 3.64. The zero-order valence-electron chi connectivity index (χ0n) is 20.2. The Morgan fingerprint density at radius 2 is 1.80 bits per heavy atom. The van der Waals surface area contributed by atoms with Crippen molar-refractivity contribution in [2.75, 3.05) is 20.2 Å². The molecule has 2 saturated heterocycles. The number of likely N-dealkylation sites (tertiary alicyclic amines) is 1. The lowest BCUT2D eigenvalue weighted by Gasteiger charge is -2.32. The van der Waals surface area contributed by atoms with Gasteiger partial charge in [-0.2, -0.15) is 13.2 Å². The number of carbonyl (C=O) groups is 2. The monoisotopic (exact) mass is 505 g/mol. The van der Waals surface area contributed by atoms with E-state index >= 15 is 0 Å². The van der Waals surface area contributed by atoms with Crippen LogP contribution in [-0.2, 0) is 14.1 Å². The van der Waals surface area contributed by atoms with E-state index in [9.17, 15) is 32.3 Å². The lowest BCUT2D eigenvalue weighted by Crippen LogP contribution is -2.56. The predicted molar refractivity (Wildman–Crippen MR) is 116 cm³/mol. The minimum absolute atomic E-state index is 0.0795. The van der Waals surface area contributed by atoms with Gasteiger partial charge in [-0.3, -0.25) is 9.59 Å². The van der Waals surface area contributed by atoms with E-state index in [4.69, 9.17) is 14.0 Å². The average molecular weight is 505 g/mol. The van der Waals surface area contributed by atoms with Crippen LogP contribution in [0.5, 0.6) is 5.88 Å². The molecular weight excluding hydrogens is 477 g/mol. The van der Waals surface area contributed by atoms with Gasteiger partial charge in [-0.25, -0.2) is 9.37 Å². The van der Waals surface area contributed by atoms with E-state index in [2.05, 4.69) is 10.3 Å². The molecule has 2 fully saturated rings. The summed E-state index contributed by atoms with van der Waals surface area (Å²) in [6.07, 6.45) is -5.70. The quantitative estimate of drug-likeness (QED) is 0.454. The molecule has 2 amide bonds. The maximum atomic E-state index is 14.6. The molecule has 0 aliphatic carbocycles. The van der Waals surface area contributed by atoms with Gasteiger partial charge >= 0.3 is 13.3 Å². The largest absolute Gasteiger partial charge is 0.496 e. The number of hydrogen-bond acceptors (Lipinski definition) is 7. The van der Waals surface area contributed by atoms with Crippen molar-refractivity contribution in [1.29, 1.82) is 0 Å². The van der Waals surface area contributed by atoms with Gasteiger partial charge in [0.1, 0.15) is 11.7 Å². The third kappa shape index (κ3) is 4.96. The average Bonchev–Trinajstić information content (AvgIpc) is 3.21. The minimum Gasteiger partial charge on any atom is -0.480 e. The Hall–Kier alpha value is -2.45. The number of rotatable bonds is 5. The van der Waals surface area contributed by atoms with E-state index in [1.54, 1.807) is 0 Å². The highest BCUT2D eigenvalue weighted by molar-refractivity contribution is 6.62. The van der Waals surface area contributed by atoms with E-state index in [1.807, 2.05) is 27.7 Å². The van der Waals surface area contributed by atoms with Gasteiger partial charge in [0.05, 0.1) is 30.9 Å². The van der Waals surface area contributed by atoms with Gasteiger partial charge in [0.25, 0.3) is 11.8 Å². The van der Waals surface area contributed by atoms with Crippen LogP contribution in [0.2, 0.25) is 0 Å². The van der Waals surface area contributed by atoms with Crippen molar-refractivity contribution in [3.8, 4) is 5.88 Å². The highest BCUT2D eigenvalue weighted by Crippen LogP contribution is 2.37. The summed E-state index contributed by atoms with van der Waals surface area (Å²) in [5.41, 5.74) is -4.68. The van der Waals surface area contributed by atoms with Crippen LogP contribution in [-0.4, -0.2) is 89.3 Å². The van der Waals surface area contributed by atoms with Crippen molar-refractivity contribution < 1.29 is 46.3 Å². The molecule has 3 atom stereocenters. The molecule has 1 aromatic heterocycles. The standard InChI is InChI=1S/C21H28BF4N3O6/c1-18(2)19(3,4)35-22(34-18)11-7-12(16(33-6)27-8-11)15(30)28-14-10-29(9-13(14)23)17(31)20(5,32)21(24,25)26/h7-8,13-14,32H,9-10H2,1-6H3,(H,28,30)/t13-,14+,20?/m0/s1. The van der Waals surface area contributed by atoms with Gasteiger partial charge < -0.3 is 29.4 Å². The summed E-state index contributed by atoms with van der Waals surface area (Å²) in [7, 11) is 0.434. The fraction of sp³-hybridized carbons (Fsp3) is 0.667. The van der Waals surface area contributed by atoms with Gasteiger partial charge in [-0.1, -0.05) is 0 Å². The first-order valence-corrected chi connectivity index (χ1v) is 10.8. The van der Waals surface area contributed by atoms with Crippen molar-refractivity contribution in [2.45, 2.75) is 69.8 Å². The predicted octanol–water partition coefficient (Wildman–Crippen LogP) is 0.981. The molecule has 0 spiro atoms. The van der Waals surface area contributed by atoms with Crippen molar-refractivity contribution in [3.05, 3.63) is 17.8 Å². The summed E-state index contributed by atoms with van der Waals surface area (Å²) in [5.74, 6) is -2.60. The summed E-state index contributed by atoms with van der Waals surface area (Å²) in [4.78, 5) is 29.8. The zero-order valence-corrected chi connectivity index (χ0v) is 20.2. The topological polar surface area (TPSA) is 110 Å². The summed E-state index contributed by atoms with van der Waals surface area (Å²) in [5, 5.41) is 12.0. The first kappa shape index (κ1) is 27.1. The number of hydrogen-bond donors (Lipinski definition) is 2. The van der Waals surface area contributed by atoms with E-state index < -0.39 is 67.2 Å². The number of aromatic nitrogens is 1. The Labute approximate surface area is 200 Å². The third-order valence-electron chi connectivity index (χ3n) is 6.66. The van der Waals surface area contributed by atoms with Crippen LogP contribution in [0, 0.1) is 0 Å². The summed E-state index contributed by atoms with van der Waals surface area (Å²) in [6.45, 7) is 6.41. The maximum Gasteiger partial charge on any atom is 0.496 e. The fourth-order valence-corrected chi connectivity index (χ4v) is 3.64. The molecule has 3 rings (SSSR count). The second kappa shape index (κ2) is 8.89. The number of methoxy groups -OCH3 is 1. The van der Waals surface area contributed by atoms with Gasteiger partial charge in [0.2, 0.25) is 11.5 Å². The summed E-state index contributed by atoms with van der Waals surface area (Å²) >= 11 is 0. The molecule has 9 nitrogen and oxygen atoms in total. The molecular formula is C21H28BF4N3O6. The van der Waals surface area contributed by atoms with Crippen LogP contribution in [0.15, 0.2) is 12.3 Å². The Morgan fingerprint density at radius 3 is 2.31 bits per heavy atom. The van der Waals surface area contributed by atoms with Crippen LogP contribution in [0.3, 0.4) is 0 Å². The Balaban J connectivity index is 1.78. The van der Waals surface area contributed by atoms with Crippen LogP contribution in [0.4, 0.5) is 17.6 Å². The number of pyridine rings is 1. The smallest absolute Gasteiger partial charge is 0.480 e. The molecule has 3 heterocycles. The van der Waals surface area contributed by atoms with Crippen molar-refractivity contribution in [3.63, 3.8) is 0 Å². The minimum atomic E-state index is -5.25. The summed E-state index contributed by atoms with van der Waals surface area (Å²) < 4.78 is 70.6. The molecule has 1 unspecified atom stereocenters. The molecule has 0 bridgehead atoms. The molecule has 14 heteroatoms. The molecule has 0 radical (unpaired) electrons. The zero-order chi connectivity index (χ0) is 26.6. The first-order valence-electron chi connectivity index (χ1n) is 10.8. The van der Waals surface area contributed by atoms with Crippen molar-refractivity contribution >= 4 is 24.4 Å². The molecule has 194 valence electrons. The lowest BCUT2D eigenvalue weighted by molar-refractivity contribution is -0.249. The number of halogens is 4. The SMILES string of the molecule is COc1ncc(B2OC(C)(C)C(C)(C)O2)cc1C(=O)N[C@@H]1CN(C(=O)C(C)(O)C(F)(F)F)C[C@@H]1F. The molecule has 2 N–H and O–H groups in total. The van der Waals surface area contributed by atoms with Gasteiger partial charge in [0, 0.05) is 18.2 Å². The highest BCUT2D eigenvalue weighted by Gasteiger charge is 2.58. The molecule has 0 saturated carbocycles. The number of nitrogens with zero attached hydrogens (tertiary/aromatic N) is 2. The van der Waals surface area contributed by atoms with Gasteiger partial charge in [-0.15, -0.1) is 0 Å². The Morgan fingerprint density at radius 1 is 1.23 bits per heavy atom. The van der Waals surface area contributed by atoms with E-state index in [1.165, 1.54) is 19.4 Å². The van der Waals surface area contributed by atoms with Gasteiger partial charge in [-0.05, 0) is 40.7 Å². The van der Waals surface area contributed by atoms with Crippen LogP contribution < -0.4 is 15.5 Å². The number of ether oxygens (including phenoxy) is 1. The van der Waals surface area contributed by atoms with Crippen LogP contribution in [0.25, 0.3) is 0 Å². The number of alkyl halides is 4. The van der Waals surface area contributed by atoms with E-state index in [0.29, 0.717) is 17.3 Å². The normalized spacial score (nSPS) is 25.3. The molecule has 1 aromatic rings. The van der Waals surface area contributed by atoms with Crippen LogP contribution >= 0.6 is 0 Å². The molecule has 2 aliphatic rings. The first-order chi connectivity index (χ1) is 15.9. The molecule has 0 aromatic carbocycles. The summed E-state index contributed by atoms with van der Waals surface area (Å²) in [6, 6.07) is 0.0868. The van der Waals surface area contributed by atoms with Crippen LogP contribution in [0.1, 0.15) is 45.0 Å². The number of aliphatic hydroxyl groups is 1. The van der Waals surface area contributed by atoms with Crippen molar-refractivity contribution in [2.24, 2.45) is 0 Å². The second-order valence-electron chi connectivity index (χ2n) is 9.79. The number of carbonyl (C=O) groups excluding carboxylic acids is 2. The molecule has 35 heavy (non-hydrogen) atoms.